The number of para-hydroxylation sites is 1. The van der Waals surface area contributed by atoms with Gasteiger partial charge in [0.25, 0.3) is 5.91 Å². The number of amides is 1. The Morgan fingerprint density at radius 3 is 2.46 bits per heavy atom. The summed E-state index contributed by atoms with van der Waals surface area (Å²) in [5.74, 6) is 2.32. The zero-order valence-corrected chi connectivity index (χ0v) is 15.9. The molecular weight excluding hydrogens is 354 g/mol. The van der Waals surface area contributed by atoms with E-state index in [9.17, 15) is 4.79 Å². The molecule has 1 fully saturated rings. The van der Waals surface area contributed by atoms with Gasteiger partial charge in [-0.15, -0.1) is 0 Å². The van der Waals surface area contributed by atoms with Crippen LogP contribution in [0.2, 0.25) is 0 Å². The molecule has 2 heterocycles. The van der Waals surface area contributed by atoms with Crippen LogP contribution in [-0.2, 0) is 6.54 Å². The van der Waals surface area contributed by atoms with Crippen molar-refractivity contribution in [3.05, 3.63) is 77.7 Å². The molecule has 1 amide bonds. The molecule has 0 unspecified atom stereocenters. The normalized spacial score (nSPS) is 14.8. The minimum Gasteiger partial charge on any atom is -0.457 e. The highest BCUT2D eigenvalue weighted by molar-refractivity contribution is 5.94. The van der Waals surface area contributed by atoms with Crippen LogP contribution in [0, 0.1) is 6.92 Å². The third kappa shape index (κ3) is 4.40. The molecule has 6 heteroatoms. The largest absolute Gasteiger partial charge is 0.457 e. The van der Waals surface area contributed by atoms with Gasteiger partial charge in [0.15, 0.2) is 5.76 Å². The van der Waals surface area contributed by atoms with Gasteiger partial charge in [-0.05, 0) is 37.3 Å². The highest BCUT2D eigenvalue weighted by atomic mass is 16.5. The average Bonchev–Trinajstić information content (AvgIpc) is 3.13. The summed E-state index contributed by atoms with van der Waals surface area (Å²) in [4.78, 5) is 17.1. The van der Waals surface area contributed by atoms with Gasteiger partial charge in [0.2, 0.25) is 0 Å². The Balaban J connectivity index is 1.35. The maximum Gasteiger partial charge on any atom is 0.254 e. The lowest BCUT2D eigenvalue weighted by Gasteiger charge is -2.34. The number of benzene rings is 2. The fraction of sp³-hybridized carbons (Fsp3) is 0.273. The minimum atomic E-state index is 0.0358. The Labute approximate surface area is 164 Å². The highest BCUT2D eigenvalue weighted by Crippen LogP contribution is 2.23. The van der Waals surface area contributed by atoms with Crippen LogP contribution in [0.3, 0.4) is 0 Å². The topological polar surface area (TPSA) is 58.8 Å². The smallest absolute Gasteiger partial charge is 0.254 e. The van der Waals surface area contributed by atoms with E-state index in [-0.39, 0.29) is 5.91 Å². The van der Waals surface area contributed by atoms with Crippen LogP contribution in [0.4, 0.5) is 0 Å². The summed E-state index contributed by atoms with van der Waals surface area (Å²) < 4.78 is 11.1. The quantitative estimate of drug-likeness (QED) is 0.678. The number of nitrogens with zero attached hydrogens (tertiary/aromatic N) is 3. The average molecular weight is 377 g/mol. The third-order valence-corrected chi connectivity index (χ3v) is 4.78. The molecule has 1 aromatic heterocycles. The Bertz CT molecular complexity index is 931. The van der Waals surface area contributed by atoms with Crippen LogP contribution in [0.25, 0.3) is 0 Å². The Morgan fingerprint density at radius 2 is 1.75 bits per heavy atom. The maximum absolute atomic E-state index is 12.9. The van der Waals surface area contributed by atoms with E-state index in [2.05, 4.69) is 10.1 Å². The monoisotopic (exact) mass is 377 g/mol. The first-order chi connectivity index (χ1) is 13.7. The summed E-state index contributed by atoms with van der Waals surface area (Å²) in [6, 6.07) is 18.9. The first-order valence-corrected chi connectivity index (χ1v) is 9.44. The van der Waals surface area contributed by atoms with Crippen molar-refractivity contribution < 1.29 is 14.1 Å². The van der Waals surface area contributed by atoms with Crippen LogP contribution >= 0.6 is 0 Å². The number of aryl methyl sites for hydroxylation is 1. The second kappa shape index (κ2) is 8.27. The molecule has 1 aliphatic heterocycles. The second-order valence-electron chi connectivity index (χ2n) is 6.95. The molecule has 28 heavy (non-hydrogen) atoms. The van der Waals surface area contributed by atoms with Gasteiger partial charge in [0.1, 0.15) is 11.5 Å². The Morgan fingerprint density at radius 1 is 1.00 bits per heavy atom. The van der Waals surface area contributed by atoms with Crippen LogP contribution in [0.5, 0.6) is 11.5 Å². The molecule has 0 radical (unpaired) electrons. The Hall–Kier alpha value is -3.12. The van der Waals surface area contributed by atoms with Crippen molar-refractivity contribution in [3.8, 4) is 11.5 Å². The SMILES string of the molecule is Cc1cc(CN2CCN(C(=O)c3cccc(Oc4ccccc4)c3)CC2)on1. The highest BCUT2D eigenvalue weighted by Gasteiger charge is 2.23. The predicted molar refractivity (Wildman–Crippen MR) is 105 cm³/mol. The summed E-state index contributed by atoms with van der Waals surface area (Å²) in [6.07, 6.45) is 0. The van der Waals surface area contributed by atoms with Crippen LogP contribution < -0.4 is 4.74 Å². The Kier molecular flexibility index (Phi) is 5.39. The van der Waals surface area contributed by atoms with Crippen LogP contribution in [-0.4, -0.2) is 47.0 Å². The number of hydrogen-bond acceptors (Lipinski definition) is 5. The van der Waals surface area contributed by atoms with Gasteiger partial charge in [-0.25, -0.2) is 0 Å². The molecule has 3 aromatic rings. The molecule has 4 rings (SSSR count). The van der Waals surface area contributed by atoms with Gasteiger partial charge < -0.3 is 14.2 Å². The number of rotatable bonds is 5. The number of ether oxygens (including phenoxy) is 1. The number of carbonyl (C=O) groups is 1. The summed E-state index contributed by atoms with van der Waals surface area (Å²) in [5, 5.41) is 3.93. The van der Waals surface area contributed by atoms with Crippen molar-refractivity contribution in [2.75, 3.05) is 26.2 Å². The molecule has 0 N–H and O–H groups in total. The fourth-order valence-electron chi connectivity index (χ4n) is 3.32. The van der Waals surface area contributed by atoms with Crippen molar-refractivity contribution in [3.63, 3.8) is 0 Å². The van der Waals surface area contributed by atoms with E-state index in [0.717, 1.165) is 36.8 Å². The fourth-order valence-corrected chi connectivity index (χ4v) is 3.32. The van der Waals surface area contributed by atoms with Crippen LogP contribution in [0.15, 0.2) is 65.2 Å². The van der Waals surface area contributed by atoms with Gasteiger partial charge in [-0.1, -0.05) is 29.4 Å². The van der Waals surface area contributed by atoms with Crippen LogP contribution in [0.1, 0.15) is 21.8 Å². The van der Waals surface area contributed by atoms with Crippen molar-refractivity contribution in [2.24, 2.45) is 0 Å². The first-order valence-electron chi connectivity index (χ1n) is 9.44. The molecule has 0 bridgehead atoms. The van der Waals surface area contributed by atoms with E-state index in [1.807, 2.05) is 66.4 Å². The minimum absolute atomic E-state index is 0.0358. The zero-order valence-electron chi connectivity index (χ0n) is 15.9. The molecule has 0 aliphatic carbocycles. The predicted octanol–water partition coefficient (Wildman–Crippen LogP) is 3.73. The van der Waals surface area contributed by atoms with E-state index in [0.29, 0.717) is 24.4 Å². The van der Waals surface area contributed by atoms with Gasteiger partial charge >= 0.3 is 0 Å². The van der Waals surface area contributed by atoms with Gasteiger partial charge in [-0.2, -0.15) is 0 Å². The van der Waals surface area contributed by atoms with Gasteiger partial charge in [0, 0.05) is 37.8 Å². The number of piperazine rings is 1. The first kappa shape index (κ1) is 18.3. The van der Waals surface area contributed by atoms with E-state index in [1.165, 1.54) is 0 Å². The van der Waals surface area contributed by atoms with Crippen molar-refractivity contribution >= 4 is 5.91 Å². The molecule has 1 saturated heterocycles. The van der Waals surface area contributed by atoms with E-state index in [4.69, 9.17) is 9.26 Å². The van der Waals surface area contributed by atoms with E-state index in [1.54, 1.807) is 6.07 Å². The second-order valence-corrected chi connectivity index (χ2v) is 6.95. The summed E-state index contributed by atoms with van der Waals surface area (Å²) in [7, 11) is 0. The maximum atomic E-state index is 12.9. The summed E-state index contributed by atoms with van der Waals surface area (Å²) in [5.41, 5.74) is 1.54. The number of aromatic nitrogens is 1. The molecule has 6 nitrogen and oxygen atoms in total. The number of hydrogen-bond donors (Lipinski definition) is 0. The molecular formula is C22H23N3O3. The lowest BCUT2D eigenvalue weighted by molar-refractivity contribution is 0.0617. The third-order valence-electron chi connectivity index (χ3n) is 4.78. The van der Waals surface area contributed by atoms with Crippen molar-refractivity contribution in [2.45, 2.75) is 13.5 Å². The molecule has 2 aromatic carbocycles. The molecule has 0 saturated carbocycles. The summed E-state index contributed by atoms with van der Waals surface area (Å²) in [6.45, 7) is 5.64. The molecule has 1 aliphatic rings. The number of carbonyl (C=O) groups excluding carboxylic acids is 1. The van der Waals surface area contributed by atoms with Crippen molar-refractivity contribution in [1.82, 2.24) is 15.0 Å². The zero-order chi connectivity index (χ0) is 19.3. The van der Waals surface area contributed by atoms with Crippen molar-refractivity contribution in [1.29, 1.82) is 0 Å². The molecule has 144 valence electrons. The lowest BCUT2D eigenvalue weighted by Crippen LogP contribution is -2.48. The summed E-state index contributed by atoms with van der Waals surface area (Å²) >= 11 is 0. The van der Waals surface area contributed by atoms with Gasteiger partial charge in [-0.3, -0.25) is 9.69 Å². The van der Waals surface area contributed by atoms with Gasteiger partial charge in [0.05, 0.1) is 12.2 Å². The lowest BCUT2D eigenvalue weighted by atomic mass is 10.1. The molecule has 0 atom stereocenters. The van der Waals surface area contributed by atoms with E-state index < -0.39 is 0 Å². The standard InChI is InChI=1S/C22H23N3O3/c1-17-14-21(28-23-17)16-24-10-12-25(13-11-24)22(26)18-6-5-9-20(15-18)27-19-7-3-2-4-8-19/h2-9,14-15H,10-13,16H2,1H3. The molecule has 0 spiro atoms. The van der Waals surface area contributed by atoms with E-state index >= 15 is 0 Å².